The maximum Gasteiger partial charge on any atom is 0.241 e. The molecule has 0 radical (unpaired) electrons. The Morgan fingerprint density at radius 2 is 1.53 bits per heavy atom. The van der Waals surface area contributed by atoms with Gasteiger partial charge in [-0.15, -0.1) is 0 Å². The molecule has 0 aliphatic heterocycles. The first-order chi connectivity index (χ1) is 8.81. The molecule has 0 atom stereocenters. The molecule has 108 valence electrons. The normalized spacial score (nSPS) is 11.8. The topological polar surface area (TPSA) is 46.2 Å². The third-order valence-corrected chi connectivity index (χ3v) is 5.37. The second-order valence-corrected chi connectivity index (χ2v) is 6.90. The summed E-state index contributed by atoms with van der Waals surface area (Å²) in [4.78, 5) is 0.460. The van der Waals surface area contributed by atoms with Gasteiger partial charge in [-0.05, 0) is 56.4 Å². The Morgan fingerprint density at radius 1 is 1.00 bits per heavy atom. The molecule has 0 saturated carbocycles. The van der Waals surface area contributed by atoms with E-state index in [1.807, 2.05) is 33.8 Å². The van der Waals surface area contributed by atoms with Crippen LogP contribution in [0.15, 0.2) is 11.0 Å². The van der Waals surface area contributed by atoms with E-state index in [4.69, 9.17) is 0 Å². The van der Waals surface area contributed by atoms with Crippen LogP contribution in [0, 0.1) is 27.7 Å². The maximum absolute atomic E-state index is 12.4. The Kier molecular flexibility index (Phi) is 5.56. The van der Waals surface area contributed by atoms with Crippen molar-refractivity contribution >= 4 is 10.0 Å². The van der Waals surface area contributed by atoms with Crippen LogP contribution in [-0.4, -0.2) is 15.0 Å². The van der Waals surface area contributed by atoms with Gasteiger partial charge in [0.1, 0.15) is 0 Å². The molecule has 19 heavy (non-hydrogen) atoms. The second-order valence-electron chi connectivity index (χ2n) is 5.19. The Labute approximate surface area is 117 Å². The van der Waals surface area contributed by atoms with Gasteiger partial charge in [0.2, 0.25) is 10.0 Å². The van der Waals surface area contributed by atoms with Crippen molar-refractivity contribution in [2.75, 3.05) is 6.54 Å². The Bertz CT molecular complexity index is 522. The van der Waals surface area contributed by atoms with Gasteiger partial charge in [0.05, 0.1) is 4.90 Å². The minimum absolute atomic E-state index is 0.460. The van der Waals surface area contributed by atoms with Gasteiger partial charge < -0.3 is 0 Å². The van der Waals surface area contributed by atoms with Crippen LogP contribution in [-0.2, 0) is 10.0 Å². The molecule has 1 rings (SSSR count). The van der Waals surface area contributed by atoms with E-state index in [-0.39, 0.29) is 0 Å². The zero-order chi connectivity index (χ0) is 14.6. The Hall–Kier alpha value is -0.870. The number of hydrogen-bond donors (Lipinski definition) is 1. The molecule has 1 aromatic carbocycles. The highest BCUT2D eigenvalue weighted by atomic mass is 32.2. The van der Waals surface area contributed by atoms with Crippen LogP contribution in [0.2, 0.25) is 0 Å². The number of hydrogen-bond acceptors (Lipinski definition) is 2. The van der Waals surface area contributed by atoms with Crippen LogP contribution in [0.25, 0.3) is 0 Å². The summed E-state index contributed by atoms with van der Waals surface area (Å²) in [5.74, 6) is 0. The smallest absolute Gasteiger partial charge is 0.211 e. The minimum Gasteiger partial charge on any atom is -0.211 e. The van der Waals surface area contributed by atoms with Crippen molar-refractivity contribution in [1.29, 1.82) is 0 Å². The molecule has 0 bridgehead atoms. The van der Waals surface area contributed by atoms with E-state index in [1.54, 1.807) is 0 Å². The fourth-order valence-electron chi connectivity index (χ4n) is 2.24. The van der Waals surface area contributed by atoms with E-state index in [2.05, 4.69) is 11.6 Å². The third kappa shape index (κ3) is 3.80. The predicted molar refractivity (Wildman–Crippen MR) is 80.1 cm³/mol. The van der Waals surface area contributed by atoms with E-state index < -0.39 is 10.0 Å². The van der Waals surface area contributed by atoms with E-state index in [1.165, 1.54) is 0 Å². The third-order valence-electron chi connectivity index (χ3n) is 3.64. The standard InChI is InChI=1S/C15H25NO2S/c1-6-7-8-9-16-19(17,18)15-13(4)11(2)10-12(3)14(15)5/h10,16H,6-9H2,1-5H3. The molecule has 0 aliphatic rings. The van der Waals surface area contributed by atoms with Crippen molar-refractivity contribution in [3.63, 3.8) is 0 Å². The summed E-state index contributed by atoms with van der Waals surface area (Å²) >= 11 is 0. The number of rotatable bonds is 6. The zero-order valence-electron chi connectivity index (χ0n) is 12.6. The van der Waals surface area contributed by atoms with Gasteiger partial charge in [-0.25, -0.2) is 13.1 Å². The molecule has 0 spiro atoms. The number of sulfonamides is 1. The summed E-state index contributed by atoms with van der Waals surface area (Å²) in [6.45, 7) is 10.3. The molecule has 0 aliphatic carbocycles. The molecular formula is C15H25NO2S. The van der Waals surface area contributed by atoms with Crippen LogP contribution in [0.4, 0.5) is 0 Å². The number of nitrogens with one attached hydrogen (secondary N) is 1. The highest BCUT2D eigenvalue weighted by molar-refractivity contribution is 7.89. The molecule has 0 saturated heterocycles. The summed E-state index contributed by atoms with van der Waals surface area (Å²) in [6, 6.07) is 2.04. The largest absolute Gasteiger partial charge is 0.241 e. The summed E-state index contributed by atoms with van der Waals surface area (Å²) in [7, 11) is -3.40. The van der Waals surface area contributed by atoms with E-state index >= 15 is 0 Å². The highest BCUT2D eigenvalue weighted by Gasteiger charge is 2.21. The maximum atomic E-state index is 12.4. The van der Waals surface area contributed by atoms with Crippen LogP contribution in [0.1, 0.15) is 48.4 Å². The average Bonchev–Trinajstić information content (AvgIpc) is 2.32. The lowest BCUT2D eigenvalue weighted by atomic mass is 10.0. The Morgan fingerprint density at radius 3 is 2.00 bits per heavy atom. The summed E-state index contributed by atoms with van der Waals surface area (Å²) in [5, 5.41) is 0. The molecule has 1 N–H and O–H groups in total. The van der Waals surface area contributed by atoms with Crippen molar-refractivity contribution in [3.05, 3.63) is 28.3 Å². The lowest BCUT2D eigenvalue weighted by Gasteiger charge is -2.16. The molecule has 0 amide bonds. The summed E-state index contributed by atoms with van der Waals surface area (Å²) in [5.41, 5.74) is 3.76. The van der Waals surface area contributed by atoms with Gasteiger partial charge in [-0.1, -0.05) is 25.8 Å². The van der Waals surface area contributed by atoms with Gasteiger partial charge in [-0.2, -0.15) is 0 Å². The van der Waals surface area contributed by atoms with Crippen LogP contribution in [0.5, 0.6) is 0 Å². The van der Waals surface area contributed by atoms with Gasteiger partial charge in [0, 0.05) is 6.54 Å². The van der Waals surface area contributed by atoms with Gasteiger partial charge >= 0.3 is 0 Å². The number of aryl methyl sites for hydroxylation is 2. The number of benzene rings is 1. The molecule has 0 heterocycles. The SMILES string of the molecule is CCCCCNS(=O)(=O)c1c(C)c(C)cc(C)c1C. The van der Waals surface area contributed by atoms with E-state index in [0.29, 0.717) is 11.4 Å². The van der Waals surface area contributed by atoms with Crippen LogP contribution in [0.3, 0.4) is 0 Å². The first-order valence-electron chi connectivity index (χ1n) is 6.88. The molecule has 0 aromatic heterocycles. The van der Waals surface area contributed by atoms with Crippen molar-refractivity contribution in [2.24, 2.45) is 0 Å². The monoisotopic (exact) mass is 283 g/mol. The predicted octanol–water partition coefficient (Wildman–Crippen LogP) is 3.39. The first kappa shape index (κ1) is 16.2. The van der Waals surface area contributed by atoms with Crippen LogP contribution >= 0.6 is 0 Å². The molecular weight excluding hydrogens is 258 g/mol. The highest BCUT2D eigenvalue weighted by Crippen LogP contribution is 2.25. The zero-order valence-corrected chi connectivity index (χ0v) is 13.4. The number of unbranched alkanes of at least 4 members (excludes halogenated alkanes) is 2. The van der Waals surface area contributed by atoms with E-state index in [0.717, 1.165) is 41.5 Å². The molecule has 4 heteroatoms. The molecule has 0 fully saturated rings. The van der Waals surface area contributed by atoms with Gasteiger partial charge in [-0.3, -0.25) is 0 Å². The van der Waals surface area contributed by atoms with Crippen molar-refractivity contribution < 1.29 is 8.42 Å². The first-order valence-corrected chi connectivity index (χ1v) is 8.36. The molecule has 3 nitrogen and oxygen atoms in total. The summed E-state index contributed by atoms with van der Waals surface area (Å²) in [6.07, 6.45) is 3.02. The van der Waals surface area contributed by atoms with E-state index in [9.17, 15) is 8.42 Å². The fourth-order valence-corrected chi connectivity index (χ4v) is 3.92. The van der Waals surface area contributed by atoms with Gasteiger partial charge in [0.25, 0.3) is 0 Å². The van der Waals surface area contributed by atoms with Crippen LogP contribution < -0.4 is 4.72 Å². The lowest BCUT2D eigenvalue weighted by molar-refractivity contribution is 0.574. The quantitative estimate of drug-likeness (QED) is 0.813. The summed E-state index contributed by atoms with van der Waals surface area (Å²) < 4.78 is 27.6. The lowest BCUT2D eigenvalue weighted by Crippen LogP contribution is -2.26. The molecule has 0 unspecified atom stereocenters. The fraction of sp³-hybridized carbons (Fsp3) is 0.600. The van der Waals surface area contributed by atoms with Crippen molar-refractivity contribution in [1.82, 2.24) is 4.72 Å². The van der Waals surface area contributed by atoms with Crippen molar-refractivity contribution in [2.45, 2.75) is 58.8 Å². The second kappa shape index (κ2) is 6.53. The average molecular weight is 283 g/mol. The molecule has 1 aromatic rings. The van der Waals surface area contributed by atoms with Crippen molar-refractivity contribution in [3.8, 4) is 0 Å². The van der Waals surface area contributed by atoms with Gasteiger partial charge in [0.15, 0.2) is 0 Å². The Balaban J connectivity index is 3.08. The minimum atomic E-state index is -3.40.